The predicted octanol–water partition coefficient (Wildman–Crippen LogP) is 9.69. The lowest BCUT2D eigenvalue weighted by Gasteiger charge is -2.37. The van der Waals surface area contributed by atoms with Crippen LogP contribution in [-0.2, 0) is 28.5 Å². The van der Waals surface area contributed by atoms with E-state index >= 15 is 0 Å². The van der Waals surface area contributed by atoms with Crippen molar-refractivity contribution in [2.45, 2.75) is 94.2 Å². The summed E-state index contributed by atoms with van der Waals surface area (Å²) in [5.74, 6) is 0.967. The molecule has 17 nitrogen and oxygen atoms in total. The van der Waals surface area contributed by atoms with E-state index in [1.54, 1.807) is 6.20 Å². The van der Waals surface area contributed by atoms with E-state index in [0.29, 0.717) is 88.0 Å². The number of hydrogen-bond acceptors (Lipinski definition) is 11. The number of rotatable bonds is 13. The molecule has 4 unspecified atom stereocenters. The number of aromatic amines is 2. The first-order chi connectivity index (χ1) is 36.8. The summed E-state index contributed by atoms with van der Waals surface area (Å²) >= 11 is 0. The second-order valence-electron chi connectivity index (χ2n) is 19.7. The summed E-state index contributed by atoms with van der Waals surface area (Å²) in [5.41, 5.74) is 7.53. The fraction of sp³-hybridized carbons (Fsp3) is 0.362. The van der Waals surface area contributed by atoms with E-state index in [-0.39, 0.29) is 36.1 Å². The van der Waals surface area contributed by atoms with Gasteiger partial charge in [-0.15, -0.1) is 0 Å². The van der Waals surface area contributed by atoms with Crippen LogP contribution in [0, 0.1) is 0 Å². The number of imidazole rings is 2. The molecule has 7 aromatic rings. The Morgan fingerprint density at radius 1 is 0.547 bits per heavy atom. The summed E-state index contributed by atoms with van der Waals surface area (Å²) in [6, 6.07) is 34.5. The van der Waals surface area contributed by atoms with E-state index in [2.05, 4.69) is 32.7 Å². The van der Waals surface area contributed by atoms with Gasteiger partial charge < -0.3 is 49.3 Å². The minimum absolute atomic E-state index is 0.206. The van der Waals surface area contributed by atoms with Crippen molar-refractivity contribution in [3.63, 3.8) is 0 Å². The maximum atomic E-state index is 14.5. The number of benzene rings is 4. The maximum Gasteiger partial charge on any atom is 0.408 e. The molecule has 0 aliphatic carbocycles. The number of carbonyl (C=O) groups excluding carboxylic acids is 4. The van der Waals surface area contributed by atoms with Crippen molar-refractivity contribution in [3.8, 4) is 33.8 Å². The van der Waals surface area contributed by atoms with Gasteiger partial charge in [0.05, 0.1) is 73.5 Å². The minimum atomic E-state index is -0.919. The number of carbonyl (C=O) groups is 4. The minimum Gasteiger partial charge on any atom is -0.446 e. The zero-order chi connectivity index (χ0) is 51.1. The van der Waals surface area contributed by atoms with Crippen LogP contribution in [-0.4, -0.2) is 110 Å². The normalized spacial score (nSPS) is 19.3. The number of likely N-dealkylation sites (tertiary alicyclic amines) is 2. The number of pyridine rings is 1. The lowest BCUT2D eigenvalue weighted by atomic mass is 9.98. The third-order valence-electron chi connectivity index (χ3n) is 14.8. The maximum absolute atomic E-state index is 14.5. The molecule has 4 fully saturated rings. The van der Waals surface area contributed by atoms with Crippen LogP contribution in [0.5, 0.6) is 0 Å². The largest absolute Gasteiger partial charge is 0.446 e. The molecule has 0 radical (unpaired) electrons. The SMILES string of the molecule is O=C(NC(C(=O)N1CCCCC1c1ncc(-c2ccc(-c3ccc4cc(-c5cnc(C6CCCN6C(=O)C(NC(=O)OC6CCOCC6)c6ccccc6)[nH]5)ccc4n3)cc2)[nH]1)c1ccccc1)OC1CCOCC1. The van der Waals surface area contributed by atoms with E-state index in [9.17, 15) is 19.2 Å². The van der Waals surface area contributed by atoms with Crippen molar-refractivity contribution < 1.29 is 38.1 Å². The number of piperidine rings is 1. The van der Waals surface area contributed by atoms with Gasteiger partial charge in [-0.25, -0.2) is 24.5 Å². The molecule has 4 atom stereocenters. The van der Waals surface area contributed by atoms with Gasteiger partial charge in [0.2, 0.25) is 0 Å². The third-order valence-corrected chi connectivity index (χ3v) is 14.8. The molecule has 0 spiro atoms. The fourth-order valence-corrected chi connectivity index (χ4v) is 10.8. The molecule has 4 N–H and O–H groups in total. The van der Waals surface area contributed by atoms with E-state index in [1.165, 1.54) is 0 Å². The number of amides is 4. The van der Waals surface area contributed by atoms with Gasteiger partial charge in [-0.3, -0.25) is 9.59 Å². The number of nitrogens with zero attached hydrogens (tertiary/aromatic N) is 5. The molecule has 0 bridgehead atoms. The van der Waals surface area contributed by atoms with Crippen molar-refractivity contribution in [2.75, 3.05) is 39.5 Å². The first kappa shape index (κ1) is 49.3. The first-order valence-corrected chi connectivity index (χ1v) is 26.2. The van der Waals surface area contributed by atoms with Crippen molar-refractivity contribution in [3.05, 3.63) is 150 Å². The number of aromatic nitrogens is 5. The summed E-state index contributed by atoms with van der Waals surface area (Å²) in [5, 5.41) is 6.74. The smallest absolute Gasteiger partial charge is 0.408 e. The number of alkyl carbamates (subject to hydrolysis) is 2. The van der Waals surface area contributed by atoms with Crippen LogP contribution in [0.3, 0.4) is 0 Å². The zero-order valence-electron chi connectivity index (χ0n) is 41.7. The predicted molar refractivity (Wildman–Crippen MR) is 280 cm³/mol. The Morgan fingerprint density at radius 2 is 1.04 bits per heavy atom. The van der Waals surface area contributed by atoms with E-state index in [1.807, 2.05) is 119 Å². The molecule has 4 amide bonds. The van der Waals surface area contributed by atoms with Gasteiger partial charge in [0.25, 0.3) is 11.8 Å². The molecule has 386 valence electrons. The van der Waals surface area contributed by atoms with Crippen LogP contribution in [0.4, 0.5) is 9.59 Å². The van der Waals surface area contributed by atoms with Gasteiger partial charge in [0.15, 0.2) is 0 Å². The monoisotopic (exact) mass is 1010 g/mol. The molecule has 75 heavy (non-hydrogen) atoms. The second kappa shape index (κ2) is 22.7. The van der Waals surface area contributed by atoms with Gasteiger partial charge in [-0.2, -0.15) is 0 Å². The van der Waals surface area contributed by atoms with Gasteiger partial charge >= 0.3 is 12.2 Å². The van der Waals surface area contributed by atoms with Crippen molar-refractivity contribution >= 4 is 34.9 Å². The number of H-pyrrole nitrogens is 2. The third kappa shape index (κ3) is 11.3. The molecule has 4 saturated heterocycles. The van der Waals surface area contributed by atoms with Crippen LogP contribution in [0.2, 0.25) is 0 Å². The highest BCUT2D eigenvalue weighted by Gasteiger charge is 2.39. The van der Waals surface area contributed by atoms with Crippen LogP contribution in [0.25, 0.3) is 44.7 Å². The first-order valence-electron chi connectivity index (χ1n) is 26.2. The fourth-order valence-electron chi connectivity index (χ4n) is 10.8. The summed E-state index contributed by atoms with van der Waals surface area (Å²) in [6.45, 7) is 3.22. The Morgan fingerprint density at radius 3 is 1.60 bits per heavy atom. The van der Waals surface area contributed by atoms with E-state index < -0.39 is 24.3 Å². The molecule has 4 aliphatic rings. The molecule has 4 aromatic carbocycles. The summed E-state index contributed by atoms with van der Waals surface area (Å²) in [4.78, 5) is 80.5. The van der Waals surface area contributed by atoms with Gasteiger partial charge in [0.1, 0.15) is 35.9 Å². The number of hydrogen-bond donors (Lipinski definition) is 4. The quantitative estimate of drug-likeness (QED) is 0.0856. The van der Waals surface area contributed by atoms with Crippen molar-refractivity contribution in [1.29, 1.82) is 0 Å². The zero-order valence-corrected chi connectivity index (χ0v) is 41.7. The molecule has 4 aliphatic heterocycles. The number of fused-ring (bicyclic) bond motifs is 1. The number of ether oxygens (including phenoxy) is 4. The Labute approximate surface area is 434 Å². The van der Waals surface area contributed by atoms with Crippen LogP contribution < -0.4 is 10.6 Å². The summed E-state index contributed by atoms with van der Waals surface area (Å²) in [7, 11) is 0. The Balaban J connectivity index is 0.748. The van der Waals surface area contributed by atoms with Crippen LogP contribution in [0.15, 0.2) is 128 Å². The molecular weight excluding hydrogens is 951 g/mol. The highest BCUT2D eigenvalue weighted by molar-refractivity contribution is 5.89. The topological polar surface area (TPSA) is 206 Å². The van der Waals surface area contributed by atoms with Crippen molar-refractivity contribution in [1.82, 2.24) is 45.4 Å². The van der Waals surface area contributed by atoms with Gasteiger partial charge in [0, 0.05) is 55.3 Å². The average molecular weight is 1010 g/mol. The highest BCUT2D eigenvalue weighted by atomic mass is 16.6. The summed E-state index contributed by atoms with van der Waals surface area (Å²) in [6.07, 6.45) is 8.43. The highest BCUT2D eigenvalue weighted by Crippen LogP contribution is 2.37. The Bertz CT molecular complexity index is 3100. The molecule has 3 aromatic heterocycles. The van der Waals surface area contributed by atoms with E-state index in [0.717, 1.165) is 76.8 Å². The van der Waals surface area contributed by atoms with Crippen LogP contribution in [0.1, 0.15) is 105 Å². The lowest BCUT2D eigenvalue weighted by molar-refractivity contribution is -0.138. The average Bonchev–Trinajstić information content (AvgIpc) is 4.28. The molecule has 7 heterocycles. The van der Waals surface area contributed by atoms with Gasteiger partial charge in [-0.05, 0) is 67.0 Å². The van der Waals surface area contributed by atoms with Gasteiger partial charge in [-0.1, -0.05) is 97.1 Å². The Hall–Kier alpha value is -7.89. The molecule has 17 heteroatoms. The molecule has 11 rings (SSSR count). The second-order valence-corrected chi connectivity index (χ2v) is 19.7. The molecule has 0 saturated carbocycles. The Kier molecular flexibility index (Phi) is 14.9. The standard InChI is InChI=1S/C58H61N9O8/c68-55(51(39-10-3-1-4-11-39)64-57(70)74-43-24-30-72-31-25-43)66-28-8-7-14-49(66)53-59-35-47(62-53)38-18-16-37(17-19-38)45-22-20-41-34-42(21-23-46(41)61-45)48-36-60-54(63-48)50-15-9-29-67(50)56(69)52(40-12-5-2-6-13-40)65-58(71)75-44-26-32-73-33-27-44/h1-6,10-13,16-23,34-36,43-44,49-52H,7-9,14-15,24-33H2,(H,59,62)(H,60,63)(H,64,70)(H,65,71). The van der Waals surface area contributed by atoms with E-state index in [4.69, 9.17) is 33.9 Å². The van der Waals surface area contributed by atoms with Crippen molar-refractivity contribution in [2.24, 2.45) is 0 Å². The number of nitrogens with one attached hydrogen (secondary N) is 4. The lowest BCUT2D eigenvalue weighted by Crippen LogP contribution is -2.47. The summed E-state index contributed by atoms with van der Waals surface area (Å²) < 4.78 is 22.3. The van der Waals surface area contributed by atoms with Crippen LogP contribution >= 0.6 is 0 Å². The molecular formula is C58H61N9O8.